The van der Waals surface area contributed by atoms with Crippen molar-refractivity contribution in [3.63, 3.8) is 0 Å². The van der Waals surface area contributed by atoms with E-state index in [4.69, 9.17) is 28.9 Å². The minimum Gasteiger partial charge on any atom is -0.342 e. The van der Waals surface area contributed by atoms with Crippen molar-refractivity contribution in [3.8, 4) is 6.07 Å². The molecular formula is C31H28Cl2FN5O4. The summed E-state index contributed by atoms with van der Waals surface area (Å²) in [4.78, 5) is 54.2. The van der Waals surface area contributed by atoms with Gasteiger partial charge in [0.15, 0.2) is 11.6 Å². The number of anilines is 1. The Bertz CT molecular complexity index is 1590. The first-order valence-electron chi connectivity index (χ1n) is 13.5. The maximum atomic E-state index is 14.6. The quantitative estimate of drug-likeness (QED) is 0.225. The number of halogens is 3. The third-order valence-corrected chi connectivity index (χ3v) is 7.91. The second-order valence-corrected chi connectivity index (χ2v) is 10.8. The summed E-state index contributed by atoms with van der Waals surface area (Å²) in [5.74, 6) is -2.94. The molecule has 4 N–H and O–H groups in total. The average Bonchev–Trinajstić information content (AvgIpc) is 3.02. The summed E-state index contributed by atoms with van der Waals surface area (Å²) in [5, 5.41) is 14.0. The molecule has 43 heavy (non-hydrogen) atoms. The number of amides is 3. The SMILES string of the molecule is N#Cc1ccc2c(c1)CN(C(=O)CCC(=O)c1ccccc1)C(C(=O)NC(CCN)C(=O)Nc1ccc(Cl)c(Cl)c1F)C2. The summed E-state index contributed by atoms with van der Waals surface area (Å²) >= 11 is 11.7. The van der Waals surface area contributed by atoms with Gasteiger partial charge in [0.1, 0.15) is 12.1 Å². The Morgan fingerprint density at radius 3 is 2.49 bits per heavy atom. The van der Waals surface area contributed by atoms with Crippen molar-refractivity contribution in [2.75, 3.05) is 11.9 Å². The van der Waals surface area contributed by atoms with Crippen molar-refractivity contribution in [2.24, 2.45) is 5.73 Å². The van der Waals surface area contributed by atoms with Gasteiger partial charge in [-0.2, -0.15) is 5.26 Å². The predicted octanol–water partition coefficient (Wildman–Crippen LogP) is 4.39. The first-order chi connectivity index (χ1) is 20.6. The topological polar surface area (TPSA) is 145 Å². The van der Waals surface area contributed by atoms with Crippen LogP contribution in [0.15, 0.2) is 60.7 Å². The van der Waals surface area contributed by atoms with Crippen molar-refractivity contribution < 1.29 is 23.6 Å². The zero-order valence-corrected chi connectivity index (χ0v) is 24.4. The van der Waals surface area contributed by atoms with Gasteiger partial charge in [0, 0.05) is 31.4 Å². The van der Waals surface area contributed by atoms with Gasteiger partial charge in [0.2, 0.25) is 17.7 Å². The van der Waals surface area contributed by atoms with E-state index in [0.717, 1.165) is 5.56 Å². The first-order valence-corrected chi connectivity index (χ1v) is 14.2. The molecule has 3 aromatic carbocycles. The van der Waals surface area contributed by atoms with Crippen LogP contribution in [0.1, 0.15) is 46.3 Å². The number of rotatable bonds is 10. The monoisotopic (exact) mass is 623 g/mol. The van der Waals surface area contributed by atoms with Crippen LogP contribution in [0.3, 0.4) is 0 Å². The van der Waals surface area contributed by atoms with Gasteiger partial charge in [0.25, 0.3) is 0 Å². The van der Waals surface area contributed by atoms with Gasteiger partial charge in [-0.25, -0.2) is 4.39 Å². The molecule has 0 aromatic heterocycles. The normalized spacial score (nSPS) is 14.7. The molecule has 1 aliphatic rings. The fourth-order valence-corrected chi connectivity index (χ4v) is 5.14. The lowest BCUT2D eigenvalue weighted by atomic mass is 9.91. The van der Waals surface area contributed by atoms with Crippen LogP contribution in [0, 0.1) is 17.1 Å². The van der Waals surface area contributed by atoms with Gasteiger partial charge in [-0.1, -0.05) is 59.6 Å². The molecule has 0 fully saturated rings. The summed E-state index contributed by atoms with van der Waals surface area (Å²) < 4.78 is 14.6. The molecule has 1 aliphatic heterocycles. The van der Waals surface area contributed by atoms with Crippen LogP contribution in [-0.4, -0.2) is 47.0 Å². The van der Waals surface area contributed by atoms with E-state index < -0.39 is 35.6 Å². The van der Waals surface area contributed by atoms with Crippen LogP contribution in [-0.2, 0) is 27.3 Å². The summed E-state index contributed by atoms with van der Waals surface area (Å²) in [6.45, 7) is 0.0560. The molecule has 0 radical (unpaired) electrons. The van der Waals surface area contributed by atoms with E-state index in [9.17, 15) is 28.8 Å². The average molecular weight is 625 g/mol. The molecule has 9 nitrogen and oxygen atoms in total. The molecule has 2 atom stereocenters. The van der Waals surface area contributed by atoms with Crippen molar-refractivity contribution in [2.45, 2.75) is 44.3 Å². The van der Waals surface area contributed by atoms with Crippen molar-refractivity contribution in [1.29, 1.82) is 5.26 Å². The number of carbonyl (C=O) groups is 4. The highest BCUT2D eigenvalue weighted by molar-refractivity contribution is 6.42. The van der Waals surface area contributed by atoms with E-state index in [1.54, 1.807) is 48.5 Å². The minimum absolute atomic E-state index is 0.0227. The van der Waals surface area contributed by atoms with Gasteiger partial charge in [0.05, 0.1) is 27.4 Å². The van der Waals surface area contributed by atoms with Crippen LogP contribution in [0.5, 0.6) is 0 Å². The van der Waals surface area contributed by atoms with E-state index in [0.29, 0.717) is 16.7 Å². The number of benzene rings is 3. The molecule has 222 valence electrons. The number of ketones is 1. The lowest BCUT2D eigenvalue weighted by Gasteiger charge is -2.37. The van der Waals surface area contributed by atoms with Gasteiger partial charge < -0.3 is 21.3 Å². The molecule has 0 saturated carbocycles. The smallest absolute Gasteiger partial charge is 0.247 e. The van der Waals surface area contributed by atoms with E-state index in [-0.39, 0.29) is 60.3 Å². The Morgan fingerprint density at radius 2 is 1.79 bits per heavy atom. The highest BCUT2D eigenvalue weighted by Gasteiger charge is 2.36. The van der Waals surface area contributed by atoms with Crippen LogP contribution in [0.2, 0.25) is 10.0 Å². The molecule has 0 aliphatic carbocycles. The lowest BCUT2D eigenvalue weighted by Crippen LogP contribution is -2.56. The van der Waals surface area contributed by atoms with Crippen LogP contribution >= 0.6 is 23.2 Å². The lowest BCUT2D eigenvalue weighted by molar-refractivity contribution is -0.142. The number of carbonyl (C=O) groups excluding carboxylic acids is 4. The maximum absolute atomic E-state index is 14.6. The molecule has 12 heteroatoms. The first kappa shape index (κ1) is 31.6. The number of hydrogen-bond acceptors (Lipinski definition) is 6. The molecule has 0 saturated heterocycles. The predicted molar refractivity (Wildman–Crippen MR) is 160 cm³/mol. The van der Waals surface area contributed by atoms with E-state index in [2.05, 4.69) is 16.7 Å². The molecular weight excluding hydrogens is 596 g/mol. The highest BCUT2D eigenvalue weighted by atomic mass is 35.5. The maximum Gasteiger partial charge on any atom is 0.247 e. The Morgan fingerprint density at radius 1 is 1.05 bits per heavy atom. The van der Waals surface area contributed by atoms with Crippen LogP contribution < -0.4 is 16.4 Å². The Balaban J connectivity index is 1.54. The summed E-state index contributed by atoms with van der Waals surface area (Å²) in [6, 6.07) is 16.0. The summed E-state index contributed by atoms with van der Waals surface area (Å²) in [7, 11) is 0. The van der Waals surface area contributed by atoms with Gasteiger partial charge in [-0.15, -0.1) is 0 Å². The third kappa shape index (κ3) is 7.56. The molecule has 0 spiro atoms. The number of nitrogens with one attached hydrogen (secondary N) is 2. The highest BCUT2D eigenvalue weighted by Crippen LogP contribution is 2.30. The standard InChI is InChI=1S/C31H28Cl2FN5O4/c32-22-8-9-23(29(34)28(22)33)37-30(42)24(12-13-35)38-31(43)25-15-20-7-6-18(16-36)14-21(20)17-39(25)27(41)11-10-26(40)19-4-2-1-3-5-19/h1-9,14,24-25H,10-13,15,17,35H2,(H,37,42)(H,38,43). The molecule has 3 amide bonds. The van der Waals surface area contributed by atoms with Crippen molar-refractivity contribution in [1.82, 2.24) is 10.2 Å². The largest absolute Gasteiger partial charge is 0.342 e. The fraction of sp³-hybridized carbons (Fsp3) is 0.258. The number of hydrogen-bond donors (Lipinski definition) is 3. The van der Waals surface area contributed by atoms with Crippen molar-refractivity contribution in [3.05, 3.63) is 98.8 Å². The summed E-state index contributed by atoms with van der Waals surface area (Å²) in [5.41, 5.74) is 7.83. The second-order valence-electron chi connectivity index (χ2n) is 9.98. The molecule has 0 bridgehead atoms. The third-order valence-electron chi connectivity index (χ3n) is 7.13. The Kier molecular flexibility index (Phi) is 10.5. The molecule has 4 rings (SSSR count). The van der Waals surface area contributed by atoms with Gasteiger partial charge in [-0.05, 0) is 48.4 Å². The number of nitrogens with two attached hydrogens (primary N) is 1. The Labute approximate surface area is 257 Å². The number of nitriles is 1. The molecule has 2 unspecified atom stereocenters. The van der Waals surface area contributed by atoms with Crippen LogP contribution in [0.25, 0.3) is 0 Å². The van der Waals surface area contributed by atoms with Gasteiger partial charge in [-0.3, -0.25) is 19.2 Å². The molecule has 3 aromatic rings. The summed E-state index contributed by atoms with van der Waals surface area (Å²) in [6.07, 6.45) is -0.0706. The van der Waals surface area contributed by atoms with Crippen molar-refractivity contribution >= 4 is 52.4 Å². The molecule has 1 heterocycles. The fourth-order valence-electron chi connectivity index (χ4n) is 4.83. The zero-order chi connectivity index (χ0) is 31.1. The number of nitrogens with zero attached hydrogens (tertiary/aromatic N) is 2. The number of fused-ring (bicyclic) bond motifs is 1. The number of Topliss-reactive ketones (excluding diaryl/α,β-unsaturated/α-hetero) is 1. The Hall–Kier alpha value is -4.30. The van der Waals surface area contributed by atoms with E-state index in [1.807, 2.05) is 0 Å². The van der Waals surface area contributed by atoms with Gasteiger partial charge >= 0.3 is 0 Å². The van der Waals surface area contributed by atoms with E-state index >= 15 is 0 Å². The second kappa shape index (κ2) is 14.2. The van der Waals surface area contributed by atoms with E-state index in [1.165, 1.54) is 17.0 Å². The minimum atomic E-state index is -1.16. The van der Waals surface area contributed by atoms with Crippen LogP contribution in [0.4, 0.5) is 10.1 Å². The zero-order valence-electron chi connectivity index (χ0n) is 22.9.